The van der Waals surface area contributed by atoms with Gasteiger partial charge in [-0.2, -0.15) is 0 Å². The summed E-state index contributed by atoms with van der Waals surface area (Å²) < 4.78 is 82.1. The molecule has 2 aliphatic rings. The summed E-state index contributed by atoms with van der Waals surface area (Å²) in [6.07, 6.45) is 3.07. The number of nitrogens with one attached hydrogen (secondary N) is 1. The van der Waals surface area contributed by atoms with Crippen LogP contribution in [0.25, 0.3) is 11.1 Å². The number of hydrogen-bond acceptors (Lipinski definition) is 8. The number of amides is 1. The molecule has 5 aromatic rings. The van der Waals surface area contributed by atoms with E-state index in [0.29, 0.717) is 18.5 Å². The minimum absolute atomic E-state index is 0.0531. The molecule has 280 valence electrons. The van der Waals surface area contributed by atoms with E-state index < -0.39 is 46.8 Å². The van der Waals surface area contributed by atoms with Gasteiger partial charge in [-0.25, -0.2) is 31.9 Å². The van der Waals surface area contributed by atoms with Gasteiger partial charge in [0.25, 0.3) is 5.91 Å². The Morgan fingerprint density at radius 2 is 1.39 bits per heavy atom. The number of halogens is 5. The monoisotopic (exact) mass is 745 g/mol. The Bertz CT molecular complexity index is 2060. The highest BCUT2D eigenvalue weighted by atomic mass is 19.2. The summed E-state index contributed by atoms with van der Waals surface area (Å²) in [4.78, 5) is 25.8. The van der Waals surface area contributed by atoms with Gasteiger partial charge in [0, 0.05) is 63.6 Å². The molecule has 14 heteroatoms. The van der Waals surface area contributed by atoms with Gasteiger partial charge >= 0.3 is 0 Å². The summed E-state index contributed by atoms with van der Waals surface area (Å²) in [7, 11) is 0. The van der Waals surface area contributed by atoms with Crippen molar-refractivity contribution in [3.63, 3.8) is 0 Å². The predicted octanol–water partition coefficient (Wildman–Crippen LogP) is 6.63. The molecular weight excluding hydrogens is 709 g/mol. The van der Waals surface area contributed by atoms with Crippen molar-refractivity contribution in [1.82, 2.24) is 20.2 Å². The lowest BCUT2D eigenvalue weighted by atomic mass is 9.98. The average Bonchev–Trinajstić information content (AvgIpc) is 3.22. The number of aliphatic hydroxyl groups excluding tert-OH is 1. The van der Waals surface area contributed by atoms with Gasteiger partial charge in [0.05, 0.1) is 18.8 Å². The van der Waals surface area contributed by atoms with E-state index in [-0.39, 0.29) is 25.4 Å². The second-order valence-corrected chi connectivity index (χ2v) is 13.1. The van der Waals surface area contributed by atoms with Crippen molar-refractivity contribution in [3.8, 4) is 11.1 Å². The number of aliphatic hydroxyl groups is 1. The van der Waals surface area contributed by atoms with Crippen molar-refractivity contribution in [2.75, 3.05) is 37.6 Å². The first-order valence-electron chi connectivity index (χ1n) is 17.4. The number of carbonyl (C=O) groups excluding carboxylic acids is 1. The van der Waals surface area contributed by atoms with Crippen LogP contribution in [0, 0.1) is 29.1 Å². The minimum atomic E-state index is -2.33. The van der Waals surface area contributed by atoms with Crippen LogP contribution in [-0.4, -0.2) is 64.7 Å². The lowest BCUT2D eigenvalue weighted by molar-refractivity contribution is -0.253. The number of rotatable bonds is 10. The molecule has 7 rings (SSSR count). The summed E-state index contributed by atoms with van der Waals surface area (Å²) in [5.41, 5.74) is 3.16. The topological polar surface area (TPSA) is 100 Å². The number of nitrogens with zero attached hydrogens (tertiary/aromatic N) is 4. The first kappa shape index (κ1) is 37.1. The molecule has 0 saturated carbocycles. The van der Waals surface area contributed by atoms with E-state index in [4.69, 9.17) is 9.47 Å². The average molecular weight is 746 g/mol. The fraction of sp³-hybridized carbons (Fsp3) is 0.275. The van der Waals surface area contributed by atoms with Gasteiger partial charge in [0.1, 0.15) is 5.56 Å². The highest BCUT2D eigenvalue weighted by Gasteiger charge is 2.34. The maximum Gasteiger partial charge on any atom is 0.257 e. The first-order chi connectivity index (χ1) is 26.2. The van der Waals surface area contributed by atoms with E-state index in [2.05, 4.69) is 25.1 Å². The van der Waals surface area contributed by atoms with Gasteiger partial charge in [0.2, 0.25) is 11.8 Å². The Kier molecular flexibility index (Phi) is 11.2. The second-order valence-electron chi connectivity index (χ2n) is 13.1. The zero-order valence-electron chi connectivity index (χ0n) is 28.9. The number of carbonyl (C=O) groups is 1. The van der Waals surface area contributed by atoms with Crippen LogP contribution >= 0.6 is 0 Å². The van der Waals surface area contributed by atoms with Gasteiger partial charge < -0.3 is 24.8 Å². The van der Waals surface area contributed by atoms with Crippen molar-refractivity contribution in [3.05, 3.63) is 148 Å². The normalized spacial score (nSPS) is 19.1. The second kappa shape index (κ2) is 16.4. The lowest BCUT2D eigenvalue weighted by Crippen LogP contribution is -2.50. The van der Waals surface area contributed by atoms with Gasteiger partial charge in [0.15, 0.2) is 29.6 Å². The summed E-state index contributed by atoms with van der Waals surface area (Å²) in [5.74, 6) is -11.8. The third-order valence-corrected chi connectivity index (χ3v) is 9.62. The molecule has 54 heavy (non-hydrogen) atoms. The molecule has 2 fully saturated rings. The van der Waals surface area contributed by atoms with Crippen molar-refractivity contribution < 1.29 is 41.3 Å². The molecule has 2 saturated heterocycles. The largest absolute Gasteiger partial charge is 0.392 e. The third-order valence-electron chi connectivity index (χ3n) is 9.62. The molecule has 4 aromatic carbocycles. The van der Waals surface area contributed by atoms with Crippen LogP contribution in [0.5, 0.6) is 0 Å². The van der Waals surface area contributed by atoms with E-state index in [0.717, 1.165) is 59.9 Å². The summed E-state index contributed by atoms with van der Waals surface area (Å²) in [5, 5.41) is 11.8. The van der Waals surface area contributed by atoms with Crippen molar-refractivity contribution in [2.45, 2.75) is 38.1 Å². The first-order valence-corrected chi connectivity index (χ1v) is 17.4. The van der Waals surface area contributed by atoms with Gasteiger partial charge in [-0.1, -0.05) is 66.7 Å². The predicted molar refractivity (Wildman–Crippen MR) is 188 cm³/mol. The minimum Gasteiger partial charge on any atom is -0.392 e. The van der Waals surface area contributed by atoms with Crippen molar-refractivity contribution >= 4 is 11.9 Å². The Morgan fingerprint density at radius 3 is 2.06 bits per heavy atom. The van der Waals surface area contributed by atoms with E-state index in [1.807, 2.05) is 54.6 Å². The third kappa shape index (κ3) is 8.11. The highest BCUT2D eigenvalue weighted by Crippen LogP contribution is 2.39. The maximum atomic E-state index is 14.1. The van der Waals surface area contributed by atoms with Crippen LogP contribution in [0.4, 0.5) is 27.9 Å². The Labute approximate surface area is 308 Å². The molecule has 0 spiro atoms. The molecule has 2 aliphatic heterocycles. The van der Waals surface area contributed by atoms with Crippen LogP contribution in [0.15, 0.2) is 91.3 Å². The molecule has 1 aromatic heterocycles. The molecular formula is C40H36F5N5O4. The van der Waals surface area contributed by atoms with Gasteiger partial charge in [-0.15, -0.1) is 0 Å². The number of piperazine rings is 1. The molecule has 3 heterocycles. The molecule has 1 amide bonds. The highest BCUT2D eigenvalue weighted by molar-refractivity contribution is 5.94. The summed E-state index contributed by atoms with van der Waals surface area (Å²) >= 11 is 0. The zero-order valence-corrected chi connectivity index (χ0v) is 28.9. The molecule has 3 atom stereocenters. The van der Waals surface area contributed by atoms with E-state index in [1.54, 1.807) is 36.7 Å². The maximum absolute atomic E-state index is 14.1. The summed E-state index contributed by atoms with van der Waals surface area (Å²) in [6, 6.07) is 24.1. The molecule has 0 aliphatic carbocycles. The van der Waals surface area contributed by atoms with Crippen LogP contribution in [-0.2, 0) is 22.6 Å². The van der Waals surface area contributed by atoms with Gasteiger partial charge in [-0.05, 0) is 39.9 Å². The van der Waals surface area contributed by atoms with Crippen molar-refractivity contribution in [1.29, 1.82) is 0 Å². The quantitative estimate of drug-likeness (QED) is 0.0935. The van der Waals surface area contributed by atoms with Crippen LogP contribution in [0.1, 0.15) is 51.4 Å². The molecule has 2 N–H and O–H groups in total. The molecule has 9 nitrogen and oxygen atoms in total. The standard InChI is InChI=1S/C40H36F5N5O4/c41-33-32(34(42)36(44)37(45)35(33)43)38(52)48-21-25-3-1-4-29(19-25)26-9-11-28(12-10-26)39-53-30(20-31(54-39)27-7-5-24(23-51)6-8-27)22-49-15-17-50(18-16-49)40-46-13-2-14-47-40/h1-14,19,30-31,39,51H,15-18,20-23H2,(H,48,52)/t30-,31+,39+/m1/s1. The van der Waals surface area contributed by atoms with Crippen LogP contribution < -0.4 is 10.2 Å². The van der Waals surface area contributed by atoms with Crippen molar-refractivity contribution in [2.24, 2.45) is 0 Å². The molecule has 0 radical (unpaired) electrons. The van der Waals surface area contributed by atoms with Gasteiger partial charge in [-0.3, -0.25) is 9.69 Å². The molecule has 0 unspecified atom stereocenters. The van der Waals surface area contributed by atoms with Crippen LogP contribution in [0.3, 0.4) is 0 Å². The Morgan fingerprint density at radius 1 is 0.741 bits per heavy atom. The number of benzene rings is 4. The number of hydrogen-bond donors (Lipinski definition) is 2. The van der Waals surface area contributed by atoms with E-state index in [9.17, 15) is 31.9 Å². The van der Waals surface area contributed by atoms with E-state index in [1.165, 1.54) is 0 Å². The Balaban J connectivity index is 1.03. The lowest BCUT2D eigenvalue weighted by Gasteiger charge is -2.40. The fourth-order valence-corrected chi connectivity index (χ4v) is 6.67. The number of aromatic nitrogens is 2. The summed E-state index contributed by atoms with van der Waals surface area (Å²) in [6.45, 7) is 3.67. The SMILES string of the molecule is O=C(NCc1cccc(-c2ccc([C@H]3O[C@@H](CN4CCN(c5ncccn5)CC4)C[C@@H](c4ccc(CO)cc4)O3)cc2)c1)c1c(F)c(F)c(F)c(F)c1F. The van der Waals surface area contributed by atoms with E-state index >= 15 is 0 Å². The van der Waals surface area contributed by atoms with Crippen LogP contribution in [0.2, 0.25) is 0 Å². The Hall–Kier alpha value is -5.28. The fourth-order valence-electron chi connectivity index (χ4n) is 6.67. The number of ether oxygens (including phenoxy) is 2. The molecule has 0 bridgehead atoms. The zero-order chi connectivity index (χ0) is 37.8. The smallest absolute Gasteiger partial charge is 0.257 e. The number of anilines is 1.